The number of rotatable bonds is 14. The average Bonchev–Trinajstić information content (AvgIpc) is 2.99. The molecule has 3 aromatic rings. The number of benzene rings is 3. The number of amides is 2. The summed E-state index contributed by atoms with van der Waals surface area (Å²) in [5.74, 6) is -0.133. The van der Waals surface area contributed by atoms with Gasteiger partial charge < -0.3 is 15.0 Å². The molecule has 3 aromatic carbocycles. The molecule has 2 atom stereocenters. The maximum absolute atomic E-state index is 14.2. The van der Waals surface area contributed by atoms with E-state index in [0.29, 0.717) is 24.3 Å². The van der Waals surface area contributed by atoms with E-state index < -0.39 is 28.5 Å². The first kappa shape index (κ1) is 31.7. The van der Waals surface area contributed by atoms with Gasteiger partial charge in [-0.25, -0.2) is 8.42 Å². The Hall–Kier alpha value is -3.85. The number of hydrogen-bond donors (Lipinski definition) is 1. The molecule has 1 N–H and O–H groups in total. The number of nitrogens with zero attached hydrogens (tertiary/aromatic N) is 2. The fourth-order valence-corrected chi connectivity index (χ4v) is 6.09. The SMILES string of the molecule is CCc1ccccc1N(CC(=O)N(Cc1cccc(OC)c1)C(CC)C(=O)NC(C)CC)S(=O)(=O)c1ccccc1. The van der Waals surface area contributed by atoms with Crippen LogP contribution in [0.5, 0.6) is 5.75 Å². The number of carbonyl (C=O) groups excluding carboxylic acids is 2. The summed E-state index contributed by atoms with van der Waals surface area (Å²) in [6.07, 6.45) is 1.67. The summed E-state index contributed by atoms with van der Waals surface area (Å²) >= 11 is 0. The highest BCUT2D eigenvalue weighted by atomic mass is 32.2. The first-order chi connectivity index (χ1) is 19.7. The minimum atomic E-state index is -4.11. The monoisotopic (exact) mass is 579 g/mol. The van der Waals surface area contributed by atoms with E-state index in [0.717, 1.165) is 17.5 Å². The Bertz CT molecular complexity index is 1410. The normalized spacial score (nSPS) is 12.7. The van der Waals surface area contributed by atoms with Gasteiger partial charge in [-0.05, 0) is 67.6 Å². The molecule has 0 spiro atoms. The van der Waals surface area contributed by atoms with Crippen LogP contribution in [0.1, 0.15) is 51.7 Å². The average molecular weight is 580 g/mol. The molecule has 41 heavy (non-hydrogen) atoms. The zero-order chi connectivity index (χ0) is 30.0. The van der Waals surface area contributed by atoms with Gasteiger partial charge in [-0.15, -0.1) is 0 Å². The zero-order valence-electron chi connectivity index (χ0n) is 24.5. The summed E-state index contributed by atoms with van der Waals surface area (Å²) in [7, 11) is -2.55. The van der Waals surface area contributed by atoms with Crippen LogP contribution < -0.4 is 14.4 Å². The molecule has 220 valence electrons. The zero-order valence-corrected chi connectivity index (χ0v) is 25.4. The van der Waals surface area contributed by atoms with Crippen LogP contribution in [-0.2, 0) is 32.6 Å². The molecule has 0 aliphatic rings. The quantitative estimate of drug-likeness (QED) is 0.284. The van der Waals surface area contributed by atoms with Gasteiger partial charge in [-0.2, -0.15) is 0 Å². The molecule has 0 saturated heterocycles. The van der Waals surface area contributed by atoms with Crippen LogP contribution in [0, 0.1) is 0 Å². The molecule has 0 heterocycles. The first-order valence-electron chi connectivity index (χ1n) is 14.0. The second-order valence-electron chi connectivity index (χ2n) is 9.92. The number of ether oxygens (including phenoxy) is 1. The smallest absolute Gasteiger partial charge is 0.264 e. The van der Waals surface area contributed by atoms with Crippen LogP contribution in [0.15, 0.2) is 83.8 Å². The molecule has 3 rings (SSSR count). The van der Waals surface area contributed by atoms with Crippen molar-refractivity contribution >= 4 is 27.5 Å². The molecule has 9 heteroatoms. The lowest BCUT2D eigenvalue weighted by Crippen LogP contribution is -2.53. The summed E-state index contributed by atoms with van der Waals surface area (Å²) in [5.41, 5.74) is 1.99. The molecular weight excluding hydrogens is 538 g/mol. The Labute approximate surface area is 244 Å². The van der Waals surface area contributed by atoms with Crippen molar-refractivity contribution in [3.8, 4) is 5.75 Å². The van der Waals surface area contributed by atoms with Gasteiger partial charge in [0.1, 0.15) is 18.3 Å². The van der Waals surface area contributed by atoms with E-state index in [4.69, 9.17) is 4.74 Å². The number of para-hydroxylation sites is 1. The minimum absolute atomic E-state index is 0.0725. The van der Waals surface area contributed by atoms with E-state index in [1.165, 1.54) is 21.3 Å². The molecule has 0 aromatic heterocycles. The second kappa shape index (κ2) is 14.7. The lowest BCUT2D eigenvalue weighted by molar-refractivity contribution is -0.140. The lowest BCUT2D eigenvalue weighted by atomic mass is 10.1. The third kappa shape index (κ3) is 7.88. The highest BCUT2D eigenvalue weighted by Crippen LogP contribution is 2.28. The number of nitrogens with one attached hydrogen (secondary N) is 1. The minimum Gasteiger partial charge on any atom is -0.497 e. The van der Waals surface area contributed by atoms with Crippen LogP contribution in [0.4, 0.5) is 5.69 Å². The molecule has 0 bridgehead atoms. The van der Waals surface area contributed by atoms with Crippen molar-refractivity contribution in [2.24, 2.45) is 0 Å². The van der Waals surface area contributed by atoms with Crippen molar-refractivity contribution in [2.75, 3.05) is 18.0 Å². The Balaban J connectivity index is 2.09. The Morgan fingerprint density at radius 2 is 1.59 bits per heavy atom. The van der Waals surface area contributed by atoms with Crippen LogP contribution in [-0.4, -0.2) is 50.9 Å². The van der Waals surface area contributed by atoms with Gasteiger partial charge in [0.05, 0.1) is 17.7 Å². The van der Waals surface area contributed by atoms with Crippen molar-refractivity contribution in [1.29, 1.82) is 0 Å². The second-order valence-corrected chi connectivity index (χ2v) is 11.8. The van der Waals surface area contributed by atoms with E-state index in [2.05, 4.69) is 5.32 Å². The van der Waals surface area contributed by atoms with Gasteiger partial charge in [0.2, 0.25) is 11.8 Å². The molecule has 2 amide bonds. The molecule has 0 radical (unpaired) electrons. The number of sulfonamides is 1. The third-order valence-corrected chi connectivity index (χ3v) is 8.90. The molecule has 0 aliphatic heterocycles. The molecule has 0 saturated carbocycles. The largest absolute Gasteiger partial charge is 0.497 e. The van der Waals surface area contributed by atoms with Crippen molar-refractivity contribution in [3.63, 3.8) is 0 Å². The van der Waals surface area contributed by atoms with Gasteiger partial charge in [-0.3, -0.25) is 13.9 Å². The molecule has 2 unspecified atom stereocenters. The summed E-state index contributed by atoms with van der Waals surface area (Å²) < 4.78 is 34.6. The van der Waals surface area contributed by atoms with Crippen molar-refractivity contribution in [1.82, 2.24) is 10.2 Å². The van der Waals surface area contributed by atoms with Crippen LogP contribution in [0.2, 0.25) is 0 Å². The molecule has 0 aliphatic carbocycles. The maximum Gasteiger partial charge on any atom is 0.264 e. The van der Waals surface area contributed by atoms with E-state index in [9.17, 15) is 18.0 Å². The van der Waals surface area contributed by atoms with Crippen LogP contribution in [0.25, 0.3) is 0 Å². The molecule has 0 fully saturated rings. The maximum atomic E-state index is 14.2. The highest BCUT2D eigenvalue weighted by Gasteiger charge is 2.34. The fourth-order valence-electron chi connectivity index (χ4n) is 4.61. The van der Waals surface area contributed by atoms with Crippen molar-refractivity contribution in [2.45, 2.75) is 70.5 Å². The van der Waals surface area contributed by atoms with E-state index in [1.54, 1.807) is 43.5 Å². The molecule has 8 nitrogen and oxygen atoms in total. The highest BCUT2D eigenvalue weighted by molar-refractivity contribution is 7.92. The van der Waals surface area contributed by atoms with Crippen molar-refractivity contribution < 1.29 is 22.7 Å². The van der Waals surface area contributed by atoms with Gasteiger partial charge in [0.25, 0.3) is 10.0 Å². The van der Waals surface area contributed by atoms with Gasteiger partial charge in [-0.1, -0.05) is 69.3 Å². The summed E-state index contributed by atoms with van der Waals surface area (Å²) in [4.78, 5) is 29.2. The molecular formula is C32H41N3O5S. The predicted octanol–water partition coefficient (Wildman–Crippen LogP) is 5.18. The summed E-state index contributed by atoms with van der Waals surface area (Å²) in [6, 6.07) is 21.7. The Kier molecular flexibility index (Phi) is 11.3. The predicted molar refractivity (Wildman–Crippen MR) is 162 cm³/mol. The summed E-state index contributed by atoms with van der Waals surface area (Å²) in [6.45, 7) is 7.31. The number of methoxy groups -OCH3 is 1. The summed E-state index contributed by atoms with van der Waals surface area (Å²) in [5, 5.41) is 2.99. The Morgan fingerprint density at radius 3 is 2.22 bits per heavy atom. The van der Waals surface area contributed by atoms with Gasteiger partial charge >= 0.3 is 0 Å². The topological polar surface area (TPSA) is 96.0 Å². The lowest BCUT2D eigenvalue weighted by Gasteiger charge is -2.34. The van der Waals surface area contributed by atoms with Crippen LogP contribution in [0.3, 0.4) is 0 Å². The third-order valence-electron chi connectivity index (χ3n) is 7.13. The fraction of sp³-hybridized carbons (Fsp3) is 0.375. The van der Waals surface area contributed by atoms with Crippen LogP contribution >= 0.6 is 0 Å². The number of aryl methyl sites for hydroxylation is 1. The number of anilines is 1. The van der Waals surface area contributed by atoms with E-state index in [1.807, 2.05) is 58.0 Å². The Morgan fingerprint density at radius 1 is 0.902 bits per heavy atom. The first-order valence-corrected chi connectivity index (χ1v) is 15.5. The van der Waals surface area contributed by atoms with E-state index >= 15 is 0 Å². The van der Waals surface area contributed by atoms with Crippen molar-refractivity contribution in [3.05, 3.63) is 90.0 Å². The number of hydrogen-bond acceptors (Lipinski definition) is 5. The number of carbonyl (C=O) groups is 2. The van der Waals surface area contributed by atoms with Gasteiger partial charge in [0, 0.05) is 12.6 Å². The van der Waals surface area contributed by atoms with Gasteiger partial charge in [0.15, 0.2) is 0 Å². The van der Waals surface area contributed by atoms with E-state index in [-0.39, 0.29) is 23.4 Å². The standard InChI is InChI=1S/C32H41N3O5S/c1-6-24(4)33-32(37)29(8-3)34(22-25-15-14-17-27(21-25)40-5)31(36)23-35(30-20-13-12-16-26(30)7-2)41(38,39)28-18-10-9-11-19-28/h9-21,24,29H,6-8,22-23H2,1-5H3,(H,33,37).